The first kappa shape index (κ1) is 12.9. The van der Waals surface area contributed by atoms with E-state index >= 15 is 0 Å². The third kappa shape index (κ3) is 5.53. The average molecular weight is 202 g/mol. The predicted molar refractivity (Wildman–Crippen MR) is 52.7 cm³/mol. The van der Waals surface area contributed by atoms with Gasteiger partial charge in [0, 0.05) is 13.0 Å². The lowest BCUT2D eigenvalue weighted by Crippen LogP contribution is -2.40. The second kappa shape index (κ2) is 5.59. The van der Waals surface area contributed by atoms with Gasteiger partial charge in [-0.15, -0.1) is 0 Å². The molecule has 4 N–H and O–H groups in total. The van der Waals surface area contributed by atoms with Gasteiger partial charge in [-0.1, -0.05) is 0 Å². The zero-order chi connectivity index (χ0) is 11.2. The van der Waals surface area contributed by atoms with Gasteiger partial charge in [0.1, 0.15) is 0 Å². The van der Waals surface area contributed by atoms with Crippen LogP contribution in [0.25, 0.3) is 0 Å². The summed E-state index contributed by atoms with van der Waals surface area (Å²) in [6.45, 7) is 4.56. The molecule has 0 aliphatic carbocycles. The van der Waals surface area contributed by atoms with Crippen molar-refractivity contribution in [2.75, 3.05) is 13.1 Å². The highest BCUT2D eigenvalue weighted by Crippen LogP contribution is 2.11. The maximum absolute atomic E-state index is 10.9. The highest BCUT2D eigenvalue weighted by molar-refractivity contribution is 5.80. The molecule has 82 valence electrons. The molecule has 0 aromatic heterocycles. The number of carbonyl (C=O) groups excluding carboxylic acids is 1. The lowest BCUT2D eigenvalue weighted by Gasteiger charge is -2.20. The molecule has 5 nitrogen and oxygen atoms in total. The molecule has 0 radical (unpaired) electrons. The van der Waals surface area contributed by atoms with Crippen LogP contribution < -0.4 is 11.1 Å². The number of nitrogens with one attached hydrogen (secondary N) is 1. The molecule has 0 heterocycles. The topological polar surface area (TPSA) is 92.4 Å². The maximum atomic E-state index is 10.9. The first-order valence-corrected chi connectivity index (χ1v) is 4.58. The van der Waals surface area contributed by atoms with Crippen LogP contribution in [0.2, 0.25) is 0 Å². The van der Waals surface area contributed by atoms with E-state index in [0.29, 0.717) is 19.5 Å². The lowest BCUT2D eigenvalue weighted by molar-refractivity contribution is -0.137. The number of carboxylic acids is 1. The molecule has 1 amide bonds. The number of nitrogens with two attached hydrogens (primary N) is 1. The number of hydrogen-bond donors (Lipinski definition) is 3. The Balaban J connectivity index is 3.54. The van der Waals surface area contributed by atoms with Gasteiger partial charge in [-0.2, -0.15) is 0 Å². The molecule has 14 heavy (non-hydrogen) atoms. The molecular formula is C9H18N2O3. The first-order valence-electron chi connectivity index (χ1n) is 4.58. The Labute approximate surface area is 83.7 Å². The van der Waals surface area contributed by atoms with Crippen molar-refractivity contribution in [3.05, 3.63) is 0 Å². The normalized spacial score (nSPS) is 11.3. The Morgan fingerprint density at radius 3 is 2.43 bits per heavy atom. The van der Waals surface area contributed by atoms with E-state index in [0.717, 1.165) is 0 Å². The van der Waals surface area contributed by atoms with Gasteiger partial charge in [0.15, 0.2) is 0 Å². The summed E-state index contributed by atoms with van der Waals surface area (Å²) in [6.07, 6.45) is 0.703. The van der Waals surface area contributed by atoms with E-state index in [4.69, 9.17) is 10.8 Å². The zero-order valence-corrected chi connectivity index (χ0v) is 8.67. The smallest absolute Gasteiger partial charge is 0.303 e. The van der Waals surface area contributed by atoms with Gasteiger partial charge in [-0.05, 0) is 26.8 Å². The molecule has 0 rings (SSSR count). The average Bonchev–Trinajstić information content (AvgIpc) is 2.02. The van der Waals surface area contributed by atoms with Crippen molar-refractivity contribution in [2.24, 2.45) is 11.1 Å². The van der Waals surface area contributed by atoms with Crippen molar-refractivity contribution in [3.63, 3.8) is 0 Å². The Hall–Kier alpha value is -1.10. The number of hydrogen-bond acceptors (Lipinski definition) is 3. The van der Waals surface area contributed by atoms with Crippen molar-refractivity contribution in [1.29, 1.82) is 0 Å². The second-order valence-corrected chi connectivity index (χ2v) is 3.92. The Kier molecular flexibility index (Phi) is 5.15. The summed E-state index contributed by atoms with van der Waals surface area (Å²) in [7, 11) is 0. The molecule has 0 aliphatic rings. The van der Waals surface area contributed by atoms with Crippen LogP contribution in [-0.4, -0.2) is 30.1 Å². The highest BCUT2D eigenvalue weighted by atomic mass is 16.4. The van der Waals surface area contributed by atoms with Crippen LogP contribution in [0.5, 0.6) is 0 Å². The van der Waals surface area contributed by atoms with E-state index in [1.807, 2.05) is 0 Å². The van der Waals surface area contributed by atoms with Gasteiger partial charge >= 0.3 is 5.97 Å². The van der Waals surface area contributed by atoms with Gasteiger partial charge < -0.3 is 16.2 Å². The second-order valence-electron chi connectivity index (χ2n) is 3.92. The molecule has 0 unspecified atom stereocenters. The van der Waals surface area contributed by atoms with Crippen LogP contribution in [0.15, 0.2) is 0 Å². The van der Waals surface area contributed by atoms with Crippen molar-refractivity contribution in [2.45, 2.75) is 26.7 Å². The molecule has 0 saturated heterocycles. The van der Waals surface area contributed by atoms with Gasteiger partial charge in [0.05, 0.1) is 5.41 Å². The van der Waals surface area contributed by atoms with Crippen LogP contribution in [0.1, 0.15) is 26.7 Å². The van der Waals surface area contributed by atoms with Crippen molar-refractivity contribution < 1.29 is 14.7 Å². The van der Waals surface area contributed by atoms with E-state index in [-0.39, 0.29) is 12.3 Å². The van der Waals surface area contributed by atoms with E-state index in [2.05, 4.69) is 5.32 Å². The third-order valence-corrected chi connectivity index (χ3v) is 1.98. The number of primary amides is 1. The summed E-state index contributed by atoms with van der Waals surface area (Å²) in [5, 5.41) is 11.4. The maximum Gasteiger partial charge on any atom is 0.303 e. The fourth-order valence-corrected chi connectivity index (χ4v) is 0.853. The minimum atomic E-state index is -0.805. The van der Waals surface area contributed by atoms with Crippen molar-refractivity contribution in [1.82, 2.24) is 5.32 Å². The Morgan fingerprint density at radius 1 is 1.43 bits per heavy atom. The number of rotatable bonds is 7. The van der Waals surface area contributed by atoms with Gasteiger partial charge in [0.2, 0.25) is 5.91 Å². The molecule has 0 spiro atoms. The number of carboxylic acid groups (broad SMARTS) is 1. The Bertz CT molecular complexity index is 214. The van der Waals surface area contributed by atoms with E-state index < -0.39 is 11.4 Å². The summed E-state index contributed by atoms with van der Waals surface area (Å²) in [5.41, 5.74) is 4.58. The summed E-state index contributed by atoms with van der Waals surface area (Å²) in [4.78, 5) is 21.0. The van der Waals surface area contributed by atoms with Crippen molar-refractivity contribution >= 4 is 11.9 Å². The molecule has 5 heteroatoms. The number of amides is 1. The molecule has 0 aromatic carbocycles. The van der Waals surface area contributed by atoms with Crippen LogP contribution >= 0.6 is 0 Å². The minimum absolute atomic E-state index is 0.143. The van der Waals surface area contributed by atoms with Crippen molar-refractivity contribution in [3.8, 4) is 0 Å². The molecule has 0 aliphatic heterocycles. The molecule has 0 saturated carbocycles. The zero-order valence-electron chi connectivity index (χ0n) is 8.67. The molecule has 0 bridgehead atoms. The standard InChI is InChI=1S/C9H18N2O3/c1-9(2,8(10)14)6-11-5-3-4-7(12)13/h11H,3-6H2,1-2H3,(H2,10,14)(H,12,13). The van der Waals surface area contributed by atoms with Crippen LogP contribution in [0.3, 0.4) is 0 Å². The van der Waals surface area contributed by atoms with Gasteiger partial charge in [-0.3, -0.25) is 9.59 Å². The summed E-state index contributed by atoms with van der Waals surface area (Å²) >= 11 is 0. The highest BCUT2D eigenvalue weighted by Gasteiger charge is 2.23. The largest absolute Gasteiger partial charge is 0.481 e. The quantitative estimate of drug-likeness (QED) is 0.505. The fraction of sp³-hybridized carbons (Fsp3) is 0.778. The first-order chi connectivity index (χ1) is 6.36. The summed E-state index contributed by atoms with van der Waals surface area (Å²) < 4.78 is 0. The Morgan fingerprint density at radius 2 is 2.00 bits per heavy atom. The molecule has 0 atom stereocenters. The van der Waals surface area contributed by atoms with Gasteiger partial charge in [0.25, 0.3) is 0 Å². The summed E-state index contributed by atoms with van der Waals surface area (Å²) in [5.74, 6) is -1.16. The summed E-state index contributed by atoms with van der Waals surface area (Å²) in [6, 6.07) is 0. The van der Waals surface area contributed by atoms with Gasteiger partial charge in [-0.25, -0.2) is 0 Å². The molecular weight excluding hydrogens is 184 g/mol. The van der Waals surface area contributed by atoms with Crippen LogP contribution in [0.4, 0.5) is 0 Å². The van der Waals surface area contributed by atoms with Crippen LogP contribution in [0, 0.1) is 5.41 Å². The van der Waals surface area contributed by atoms with E-state index in [9.17, 15) is 9.59 Å². The SMILES string of the molecule is CC(C)(CNCCCC(=O)O)C(N)=O. The van der Waals surface area contributed by atoms with E-state index in [1.165, 1.54) is 0 Å². The predicted octanol–water partition coefficient (Wildman–Crippen LogP) is -0.0477. The fourth-order valence-electron chi connectivity index (χ4n) is 0.853. The minimum Gasteiger partial charge on any atom is -0.481 e. The third-order valence-electron chi connectivity index (χ3n) is 1.98. The number of carbonyl (C=O) groups is 2. The molecule has 0 fully saturated rings. The van der Waals surface area contributed by atoms with Crippen LogP contribution in [-0.2, 0) is 9.59 Å². The van der Waals surface area contributed by atoms with E-state index in [1.54, 1.807) is 13.8 Å². The number of aliphatic carboxylic acids is 1. The monoisotopic (exact) mass is 202 g/mol. The molecule has 0 aromatic rings. The lowest BCUT2D eigenvalue weighted by atomic mass is 9.93.